The number of nitrogens with zero attached hydrogens (tertiary/aromatic N) is 2. The normalized spacial score (nSPS) is 12.8. The minimum Gasteiger partial charge on any atom is -0.486 e. The Morgan fingerprint density at radius 3 is 2.67 bits per heavy atom. The number of benzene rings is 2. The van der Waals surface area contributed by atoms with E-state index in [0.717, 1.165) is 0 Å². The Hall–Kier alpha value is -3.57. The first-order valence-corrected chi connectivity index (χ1v) is 8.12. The van der Waals surface area contributed by atoms with Crippen molar-refractivity contribution >= 4 is 35.0 Å². The van der Waals surface area contributed by atoms with Crippen molar-refractivity contribution < 1.29 is 19.2 Å². The molecule has 0 fully saturated rings. The van der Waals surface area contributed by atoms with Gasteiger partial charge in [0.2, 0.25) is 0 Å². The van der Waals surface area contributed by atoms with Crippen molar-refractivity contribution in [2.45, 2.75) is 0 Å². The molecule has 27 heavy (non-hydrogen) atoms. The number of carbonyl (C=O) groups is 1. The number of nitrogens with one attached hydrogen (secondary N) is 1. The van der Waals surface area contributed by atoms with E-state index in [1.165, 1.54) is 24.3 Å². The lowest BCUT2D eigenvalue weighted by atomic mass is 10.1. The topological polar surface area (TPSA) is 114 Å². The Balaban J connectivity index is 1.82. The summed E-state index contributed by atoms with van der Waals surface area (Å²) in [6.07, 6.45) is 1.25. The summed E-state index contributed by atoms with van der Waals surface area (Å²) in [5.41, 5.74) is 0.198. The Morgan fingerprint density at radius 2 is 1.96 bits per heavy atom. The van der Waals surface area contributed by atoms with Gasteiger partial charge in [0.1, 0.15) is 29.9 Å². The van der Waals surface area contributed by atoms with Crippen LogP contribution in [0.1, 0.15) is 5.56 Å². The van der Waals surface area contributed by atoms with Gasteiger partial charge in [0.15, 0.2) is 11.5 Å². The SMILES string of the molecule is N#CC(=Cc1ccc(Cl)c([N+](=O)[O-])c1)C(=O)Nc1ccc2c(c1)OCCO2. The van der Waals surface area contributed by atoms with E-state index in [9.17, 15) is 20.2 Å². The maximum Gasteiger partial charge on any atom is 0.288 e. The Labute approximate surface area is 158 Å². The molecule has 1 aliphatic rings. The zero-order valence-electron chi connectivity index (χ0n) is 13.8. The summed E-state index contributed by atoms with van der Waals surface area (Å²) in [6, 6.07) is 10.7. The molecule has 0 atom stereocenters. The number of nitro benzene ring substituents is 1. The van der Waals surface area contributed by atoms with E-state index in [2.05, 4.69) is 5.32 Å². The van der Waals surface area contributed by atoms with Gasteiger partial charge in [-0.05, 0) is 29.8 Å². The Kier molecular flexibility index (Phi) is 5.24. The van der Waals surface area contributed by atoms with Crippen LogP contribution in [-0.2, 0) is 4.79 Å². The first kappa shape index (κ1) is 18.2. The van der Waals surface area contributed by atoms with Gasteiger partial charge in [0, 0.05) is 17.8 Å². The van der Waals surface area contributed by atoms with E-state index in [4.69, 9.17) is 21.1 Å². The second-order valence-electron chi connectivity index (χ2n) is 5.45. The van der Waals surface area contributed by atoms with Crippen molar-refractivity contribution in [3.8, 4) is 17.6 Å². The lowest BCUT2D eigenvalue weighted by molar-refractivity contribution is -0.384. The number of hydrogen-bond acceptors (Lipinski definition) is 6. The fourth-order valence-corrected chi connectivity index (χ4v) is 2.58. The molecule has 1 N–H and O–H groups in total. The number of halogens is 1. The number of carbonyl (C=O) groups excluding carboxylic acids is 1. The van der Waals surface area contributed by atoms with Crippen molar-refractivity contribution in [2.24, 2.45) is 0 Å². The van der Waals surface area contributed by atoms with Gasteiger partial charge in [-0.3, -0.25) is 14.9 Å². The van der Waals surface area contributed by atoms with Crippen LogP contribution in [0.2, 0.25) is 5.02 Å². The van der Waals surface area contributed by atoms with Crippen LogP contribution >= 0.6 is 11.6 Å². The smallest absolute Gasteiger partial charge is 0.288 e. The standard InChI is InChI=1S/C18H12ClN3O5/c19-14-3-1-11(8-15(14)22(24)25)7-12(10-20)18(23)21-13-2-4-16-17(9-13)27-6-5-26-16/h1-4,7-9H,5-6H2,(H,21,23). The Morgan fingerprint density at radius 1 is 1.22 bits per heavy atom. The van der Waals surface area contributed by atoms with Gasteiger partial charge >= 0.3 is 0 Å². The van der Waals surface area contributed by atoms with Crippen molar-refractivity contribution in [3.63, 3.8) is 0 Å². The van der Waals surface area contributed by atoms with Crippen molar-refractivity contribution in [1.82, 2.24) is 0 Å². The number of rotatable bonds is 4. The molecule has 1 aliphatic heterocycles. The van der Waals surface area contributed by atoms with Gasteiger partial charge in [0.25, 0.3) is 11.6 Å². The molecule has 136 valence electrons. The van der Waals surface area contributed by atoms with Crippen LogP contribution in [0.4, 0.5) is 11.4 Å². The highest BCUT2D eigenvalue weighted by molar-refractivity contribution is 6.32. The number of fused-ring (bicyclic) bond motifs is 1. The molecular weight excluding hydrogens is 374 g/mol. The molecule has 0 bridgehead atoms. The van der Waals surface area contributed by atoms with Crippen LogP contribution < -0.4 is 14.8 Å². The first-order valence-electron chi connectivity index (χ1n) is 7.74. The highest BCUT2D eigenvalue weighted by Gasteiger charge is 2.16. The number of anilines is 1. The summed E-state index contributed by atoms with van der Waals surface area (Å²) in [7, 11) is 0. The molecule has 0 aromatic heterocycles. The number of ether oxygens (including phenoxy) is 2. The third-order valence-electron chi connectivity index (χ3n) is 3.64. The zero-order chi connectivity index (χ0) is 19.4. The molecule has 2 aromatic carbocycles. The van der Waals surface area contributed by atoms with Crippen LogP contribution in [-0.4, -0.2) is 24.0 Å². The minimum absolute atomic E-state index is 0.0311. The maximum atomic E-state index is 12.4. The minimum atomic E-state index is -0.660. The van der Waals surface area contributed by atoms with E-state index >= 15 is 0 Å². The molecule has 9 heteroatoms. The van der Waals surface area contributed by atoms with Gasteiger partial charge in [-0.25, -0.2) is 0 Å². The molecule has 8 nitrogen and oxygen atoms in total. The fraction of sp³-hybridized carbons (Fsp3) is 0.111. The number of nitro groups is 1. The Bertz CT molecular complexity index is 997. The molecule has 0 spiro atoms. The van der Waals surface area contributed by atoms with Gasteiger partial charge in [-0.15, -0.1) is 0 Å². The van der Waals surface area contributed by atoms with Gasteiger partial charge < -0.3 is 14.8 Å². The first-order chi connectivity index (χ1) is 13.0. The van der Waals surface area contributed by atoms with Crippen molar-refractivity contribution in [2.75, 3.05) is 18.5 Å². The van der Waals surface area contributed by atoms with Crippen LogP contribution in [0.3, 0.4) is 0 Å². The van der Waals surface area contributed by atoms with Crippen molar-refractivity contribution in [3.05, 3.63) is 62.7 Å². The second-order valence-corrected chi connectivity index (χ2v) is 5.86. The monoisotopic (exact) mass is 385 g/mol. The molecule has 1 heterocycles. The van der Waals surface area contributed by atoms with Crippen LogP contribution in [0.15, 0.2) is 42.0 Å². The molecule has 1 amide bonds. The van der Waals surface area contributed by atoms with E-state index in [1.807, 2.05) is 0 Å². The summed E-state index contributed by atoms with van der Waals surface area (Å²) in [6.45, 7) is 0.857. The molecule has 2 aromatic rings. The van der Waals surface area contributed by atoms with Crippen LogP contribution in [0.5, 0.6) is 11.5 Å². The lowest BCUT2D eigenvalue weighted by Gasteiger charge is -2.18. The third kappa shape index (κ3) is 4.16. The maximum absolute atomic E-state index is 12.4. The van der Waals surface area contributed by atoms with E-state index < -0.39 is 10.8 Å². The number of nitriles is 1. The quantitative estimate of drug-likeness (QED) is 0.372. The van der Waals surface area contributed by atoms with Gasteiger partial charge in [-0.2, -0.15) is 5.26 Å². The summed E-state index contributed by atoms with van der Waals surface area (Å²) in [4.78, 5) is 22.7. The van der Waals surface area contributed by atoms with E-state index in [1.54, 1.807) is 24.3 Å². The average molecular weight is 386 g/mol. The predicted octanol–water partition coefficient (Wildman–Crippen LogP) is 3.57. The van der Waals surface area contributed by atoms with Gasteiger partial charge in [-0.1, -0.05) is 17.7 Å². The number of hydrogen-bond donors (Lipinski definition) is 1. The molecule has 0 radical (unpaired) electrons. The van der Waals surface area contributed by atoms with Crippen molar-refractivity contribution in [1.29, 1.82) is 5.26 Å². The van der Waals surface area contributed by atoms with Gasteiger partial charge in [0.05, 0.1) is 4.92 Å². The fourth-order valence-electron chi connectivity index (χ4n) is 2.39. The molecule has 0 aliphatic carbocycles. The molecular formula is C18H12ClN3O5. The number of amides is 1. The second kappa shape index (κ2) is 7.76. The van der Waals surface area contributed by atoms with E-state index in [-0.39, 0.29) is 16.3 Å². The summed E-state index contributed by atoms with van der Waals surface area (Å²) >= 11 is 5.76. The van der Waals surface area contributed by atoms with Crippen LogP contribution in [0.25, 0.3) is 6.08 Å². The molecule has 0 saturated carbocycles. The highest BCUT2D eigenvalue weighted by Crippen LogP contribution is 2.32. The zero-order valence-corrected chi connectivity index (χ0v) is 14.5. The molecule has 0 unspecified atom stereocenters. The van der Waals surface area contributed by atoms with E-state index in [0.29, 0.717) is 36.0 Å². The summed E-state index contributed by atoms with van der Waals surface area (Å²) in [5.74, 6) is 0.408. The average Bonchev–Trinajstić information content (AvgIpc) is 2.66. The van der Waals surface area contributed by atoms with Crippen LogP contribution in [0, 0.1) is 21.4 Å². The summed E-state index contributed by atoms with van der Waals surface area (Å²) < 4.78 is 10.8. The third-order valence-corrected chi connectivity index (χ3v) is 3.96. The largest absolute Gasteiger partial charge is 0.486 e. The lowest BCUT2D eigenvalue weighted by Crippen LogP contribution is -2.17. The molecule has 0 saturated heterocycles. The predicted molar refractivity (Wildman–Crippen MR) is 97.8 cm³/mol. The highest BCUT2D eigenvalue weighted by atomic mass is 35.5. The summed E-state index contributed by atoms with van der Waals surface area (Å²) in [5, 5.41) is 22.8. The molecule has 3 rings (SSSR count).